The van der Waals surface area contributed by atoms with Crippen LogP contribution in [0, 0.1) is 0 Å². The van der Waals surface area contributed by atoms with E-state index in [4.69, 9.17) is 11.6 Å². The maximum atomic E-state index is 12.9. The summed E-state index contributed by atoms with van der Waals surface area (Å²) in [7, 11) is 0. The van der Waals surface area contributed by atoms with Crippen molar-refractivity contribution < 1.29 is 9.59 Å². The highest BCUT2D eigenvalue weighted by Gasteiger charge is 2.32. The number of anilines is 1. The first-order valence-corrected chi connectivity index (χ1v) is 8.99. The normalized spacial score (nSPS) is 17.2. The predicted molar refractivity (Wildman–Crippen MR) is 101 cm³/mol. The van der Waals surface area contributed by atoms with Crippen molar-refractivity contribution in [2.45, 2.75) is 13.0 Å². The average molecular weight is 388 g/mol. The number of carbonyl (C=O) groups excluding carboxylic acids is 2. The summed E-state index contributed by atoms with van der Waals surface area (Å²) in [6.45, 7) is 1.70. The van der Waals surface area contributed by atoms with Gasteiger partial charge < -0.3 is 16.0 Å². The molecular weight excluding hydrogens is 374 g/mol. The van der Waals surface area contributed by atoms with E-state index in [9.17, 15) is 9.59 Å². The number of carbonyl (C=O) groups is 2. The van der Waals surface area contributed by atoms with Crippen molar-refractivity contribution in [1.29, 1.82) is 0 Å². The van der Waals surface area contributed by atoms with Crippen molar-refractivity contribution >= 4 is 51.5 Å². The number of aromatic nitrogens is 2. The predicted octanol–water partition coefficient (Wildman–Crippen LogP) is 3.54. The number of hydrogen-bond acceptors (Lipinski definition) is 4. The highest BCUT2D eigenvalue weighted by molar-refractivity contribution is 7.16. The second kappa shape index (κ2) is 6.47. The van der Waals surface area contributed by atoms with Crippen LogP contribution in [-0.4, -0.2) is 22.1 Å². The van der Waals surface area contributed by atoms with Crippen molar-refractivity contribution in [1.82, 2.24) is 20.8 Å². The van der Waals surface area contributed by atoms with Gasteiger partial charge in [-0.25, -0.2) is 4.79 Å². The van der Waals surface area contributed by atoms with E-state index in [-0.39, 0.29) is 11.9 Å². The Labute approximate surface area is 157 Å². The molecular formula is C17H14ClN5O2S. The molecule has 1 unspecified atom stereocenters. The van der Waals surface area contributed by atoms with Crippen molar-refractivity contribution in [3.05, 3.63) is 57.0 Å². The van der Waals surface area contributed by atoms with Crippen molar-refractivity contribution in [3.63, 3.8) is 0 Å². The topological polar surface area (TPSA) is 98.9 Å². The Morgan fingerprint density at radius 3 is 2.92 bits per heavy atom. The summed E-state index contributed by atoms with van der Waals surface area (Å²) in [5, 5.41) is 16.1. The SMILES string of the molecule is CC1=C(C(=O)Nc2ccc3[nH]ncc3c2)C(c2ccc(Cl)s2)NC(=O)N1. The summed E-state index contributed by atoms with van der Waals surface area (Å²) in [6, 6.07) is 8.11. The van der Waals surface area contributed by atoms with E-state index >= 15 is 0 Å². The third-order valence-corrected chi connectivity index (χ3v) is 5.39. The number of H-pyrrole nitrogens is 1. The molecule has 1 aliphatic rings. The molecule has 0 radical (unpaired) electrons. The van der Waals surface area contributed by atoms with E-state index in [1.54, 1.807) is 31.3 Å². The van der Waals surface area contributed by atoms with Gasteiger partial charge in [-0.15, -0.1) is 11.3 Å². The Hall–Kier alpha value is -2.84. The number of nitrogens with one attached hydrogen (secondary N) is 4. The molecule has 0 saturated carbocycles. The van der Waals surface area contributed by atoms with Crippen LogP contribution >= 0.6 is 22.9 Å². The van der Waals surface area contributed by atoms with Crippen LogP contribution in [0.25, 0.3) is 10.9 Å². The maximum Gasteiger partial charge on any atom is 0.319 e. The minimum atomic E-state index is -0.557. The molecule has 0 spiro atoms. The van der Waals surface area contributed by atoms with E-state index in [1.165, 1.54) is 11.3 Å². The second-order valence-corrected chi connectivity index (χ2v) is 7.58. The van der Waals surface area contributed by atoms with E-state index in [0.717, 1.165) is 15.8 Å². The lowest BCUT2D eigenvalue weighted by molar-refractivity contribution is -0.113. The number of amides is 3. The number of allylic oxidation sites excluding steroid dienone is 1. The largest absolute Gasteiger partial charge is 0.326 e. The highest BCUT2D eigenvalue weighted by Crippen LogP contribution is 2.34. The zero-order chi connectivity index (χ0) is 18.3. The summed E-state index contributed by atoms with van der Waals surface area (Å²) in [5.74, 6) is -0.299. The third kappa shape index (κ3) is 3.04. The van der Waals surface area contributed by atoms with E-state index in [1.807, 2.05) is 12.1 Å². The number of nitrogens with zero attached hydrogens (tertiary/aromatic N) is 1. The Kier molecular flexibility index (Phi) is 4.14. The fourth-order valence-electron chi connectivity index (χ4n) is 2.91. The Balaban J connectivity index is 1.66. The standard InChI is InChI=1S/C17H14ClN5O2S/c1-8-14(15(22-17(25)20-8)12-4-5-13(18)26-12)16(24)21-10-2-3-11-9(6-10)7-19-23-11/h2-7,15H,1H3,(H,19,23)(H,21,24)(H2,20,22,25). The number of aromatic amines is 1. The van der Waals surface area contributed by atoms with Crippen LogP contribution < -0.4 is 16.0 Å². The number of rotatable bonds is 3. The van der Waals surface area contributed by atoms with Gasteiger partial charge in [-0.05, 0) is 37.3 Å². The molecule has 3 heterocycles. The molecule has 0 aliphatic carbocycles. The van der Waals surface area contributed by atoms with Gasteiger partial charge in [-0.3, -0.25) is 9.89 Å². The van der Waals surface area contributed by atoms with Crippen LogP contribution in [0.1, 0.15) is 17.8 Å². The Morgan fingerprint density at radius 2 is 2.15 bits per heavy atom. The molecule has 0 bridgehead atoms. The smallest absolute Gasteiger partial charge is 0.319 e. The number of hydrogen-bond donors (Lipinski definition) is 4. The summed E-state index contributed by atoms with van der Waals surface area (Å²) in [5.41, 5.74) is 2.47. The quantitative estimate of drug-likeness (QED) is 0.553. The first-order valence-electron chi connectivity index (χ1n) is 7.79. The lowest BCUT2D eigenvalue weighted by atomic mass is 10.0. The van der Waals surface area contributed by atoms with Gasteiger partial charge in [0.25, 0.3) is 5.91 Å². The molecule has 0 fully saturated rings. The lowest BCUT2D eigenvalue weighted by Crippen LogP contribution is -2.45. The number of urea groups is 1. The van der Waals surface area contributed by atoms with Crippen LogP contribution in [0.4, 0.5) is 10.5 Å². The summed E-state index contributed by atoms with van der Waals surface area (Å²) < 4.78 is 0.593. The number of benzene rings is 1. The van der Waals surface area contributed by atoms with Crippen molar-refractivity contribution in [2.75, 3.05) is 5.32 Å². The van der Waals surface area contributed by atoms with Gasteiger partial charge in [-0.2, -0.15) is 5.10 Å². The molecule has 0 saturated heterocycles. The van der Waals surface area contributed by atoms with Gasteiger partial charge in [0, 0.05) is 21.6 Å². The summed E-state index contributed by atoms with van der Waals surface area (Å²) >= 11 is 7.34. The molecule has 132 valence electrons. The van der Waals surface area contributed by atoms with Gasteiger partial charge in [0.15, 0.2) is 0 Å². The molecule has 1 aromatic carbocycles. The molecule has 4 rings (SSSR count). The van der Waals surface area contributed by atoms with Gasteiger partial charge in [0.2, 0.25) is 0 Å². The minimum absolute atomic E-state index is 0.299. The van der Waals surface area contributed by atoms with Gasteiger partial charge in [-0.1, -0.05) is 11.6 Å². The highest BCUT2D eigenvalue weighted by atomic mass is 35.5. The van der Waals surface area contributed by atoms with Crippen LogP contribution in [0.15, 0.2) is 47.8 Å². The van der Waals surface area contributed by atoms with Crippen molar-refractivity contribution in [3.8, 4) is 0 Å². The number of fused-ring (bicyclic) bond motifs is 1. The third-order valence-electron chi connectivity index (χ3n) is 4.09. The Bertz CT molecular complexity index is 1050. The molecule has 3 aromatic rings. The molecule has 26 heavy (non-hydrogen) atoms. The van der Waals surface area contributed by atoms with Gasteiger partial charge >= 0.3 is 6.03 Å². The maximum absolute atomic E-state index is 12.9. The van der Waals surface area contributed by atoms with E-state index in [0.29, 0.717) is 21.3 Å². The number of thiophene rings is 1. The molecule has 1 atom stereocenters. The molecule has 3 amide bonds. The van der Waals surface area contributed by atoms with Crippen LogP contribution in [0.2, 0.25) is 4.34 Å². The monoisotopic (exact) mass is 387 g/mol. The first kappa shape index (κ1) is 16.6. The van der Waals surface area contributed by atoms with Crippen LogP contribution in [-0.2, 0) is 4.79 Å². The molecule has 9 heteroatoms. The average Bonchev–Trinajstić information content (AvgIpc) is 3.22. The fourth-order valence-corrected chi connectivity index (χ4v) is 4.03. The zero-order valence-electron chi connectivity index (χ0n) is 13.6. The van der Waals surface area contributed by atoms with Crippen molar-refractivity contribution in [2.24, 2.45) is 0 Å². The summed E-state index contributed by atoms with van der Waals surface area (Å²) in [6.07, 6.45) is 1.69. The molecule has 1 aliphatic heterocycles. The number of halogens is 1. The van der Waals surface area contributed by atoms with Gasteiger partial charge in [0.1, 0.15) is 0 Å². The molecule has 7 nitrogen and oxygen atoms in total. The Morgan fingerprint density at radius 1 is 1.31 bits per heavy atom. The van der Waals surface area contributed by atoms with Crippen LogP contribution in [0.3, 0.4) is 0 Å². The van der Waals surface area contributed by atoms with Crippen LogP contribution in [0.5, 0.6) is 0 Å². The van der Waals surface area contributed by atoms with E-state index in [2.05, 4.69) is 26.1 Å². The lowest BCUT2D eigenvalue weighted by Gasteiger charge is -2.27. The second-order valence-electron chi connectivity index (χ2n) is 5.84. The first-order chi connectivity index (χ1) is 12.5. The fraction of sp³-hybridized carbons (Fsp3) is 0.118. The zero-order valence-corrected chi connectivity index (χ0v) is 15.2. The van der Waals surface area contributed by atoms with Gasteiger partial charge in [0.05, 0.1) is 27.7 Å². The summed E-state index contributed by atoms with van der Waals surface area (Å²) in [4.78, 5) is 25.6. The molecule has 2 aromatic heterocycles. The minimum Gasteiger partial charge on any atom is -0.326 e. The molecule has 4 N–H and O–H groups in total. The van der Waals surface area contributed by atoms with E-state index < -0.39 is 6.04 Å².